The first-order valence-corrected chi connectivity index (χ1v) is 6.19. The summed E-state index contributed by atoms with van der Waals surface area (Å²) in [6.07, 6.45) is -4.47. The number of benzene rings is 1. The maximum Gasteiger partial charge on any atom is 0.391 e. The number of hydrogen-bond acceptors (Lipinski definition) is 2. The Morgan fingerprint density at radius 3 is 2.30 bits per heavy atom. The van der Waals surface area contributed by atoms with Crippen molar-refractivity contribution in [1.82, 2.24) is 4.90 Å². The third kappa shape index (κ3) is 3.20. The van der Waals surface area contributed by atoms with Gasteiger partial charge in [-0.2, -0.15) is 13.2 Å². The fourth-order valence-corrected chi connectivity index (χ4v) is 2.33. The lowest BCUT2D eigenvalue weighted by Crippen LogP contribution is -2.42. The summed E-state index contributed by atoms with van der Waals surface area (Å²) in [5, 5.41) is 0. The molecule has 1 aromatic rings. The molecule has 2 N–H and O–H groups in total. The Kier molecular flexibility index (Phi) is 3.87. The normalized spacial score (nSPS) is 17.3. The van der Waals surface area contributed by atoms with Crippen molar-refractivity contribution in [3.8, 4) is 0 Å². The van der Waals surface area contributed by atoms with Crippen LogP contribution >= 0.6 is 0 Å². The van der Waals surface area contributed by atoms with Gasteiger partial charge in [0.2, 0.25) is 0 Å². The number of nitrogens with zero attached hydrogens (tertiary/aromatic N) is 1. The van der Waals surface area contributed by atoms with Crippen LogP contribution in [0.4, 0.5) is 23.2 Å². The summed E-state index contributed by atoms with van der Waals surface area (Å²) in [5.74, 6) is -2.50. The Labute approximate surface area is 113 Å². The van der Waals surface area contributed by atoms with Crippen LogP contribution in [-0.2, 0) is 0 Å². The smallest absolute Gasteiger partial charge is 0.391 e. The number of piperidine rings is 1. The quantitative estimate of drug-likeness (QED) is 0.638. The Balaban J connectivity index is 2.05. The van der Waals surface area contributed by atoms with Gasteiger partial charge in [0.05, 0.1) is 5.92 Å². The molecule has 1 heterocycles. The van der Waals surface area contributed by atoms with E-state index in [0.29, 0.717) is 0 Å². The molecule has 1 aliphatic rings. The van der Waals surface area contributed by atoms with Gasteiger partial charge < -0.3 is 10.6 Å². The molecule has 0 spiro atoms. The first-order valence-electron chi connectivity index (χ1n) is 6.19. The van der Waals surface area contributed by atoms with Crippen molar-refractivity contribution in [1.29, 1.82) is 0 Å². The van der Waals surface area contributed by atoms with E-state index >= 15 is 0 Å². The summed E-state index contributed by atoms with van der Waals surface area (Å²) >= 11 is 0. The number of rotatable bonds is 1. The first-order chi connectivity index (χ1) is 9.27. The lowest BCUT2D eigenvalue weighted by atomic mass is 9.96. The largest absolute Gasteiger partial charge is 0.399 e. The van der Waals surface area contributed by atoms with E-state index in [-0.39, 0.29) is 37.2 Å². The van der Waals surface area contributed by atoms with Gasteiger partial charge in [-0.15, -0.1) is 0 Å². The molecule has 1 fully saturated rings. The lowest BCUT2D eigenvalue weighted by Gasteiger charge is -2.33. The van der Waals surface area contributed by atoms with E-state index in [4.69, 9.17) is 5.73 Å². The average molecular weight is 290 g/mol. The average Bonchev–Trinajstić information content (AvgIpc) is 2.36. The molecule has 1 amide bonds. The summed E-state index contributed by atoms with van der Waals surface area (Å²) in [4.78, 5) is 13.4. The molecule has 2 rings (SSSR count). The van der Waals surface area contributed by atoms with Gasteiger partial charge in [0.15, 0.2) is 0 Å². The van der Waals surface area contributed by atoms with Crippen LogP contribution in [0.5, 0.6) is 0 Å². The van der Waals surface area contributed by atoms with Crippen LogP contribution in [0.1, 0.15) is 23.2 Å². The molecule has 0 unspecified atom stereocenters. The molecule has 20 heavy (non-hydrogen) atoms. The van der Waals surface area contributed by atoms with Crippen LogP contribution in [0.15, 0.2) is 18.2 Å². The predicted octanol–water partition coefficient (Wildman–Crippen LogP) is 2.82. The highest BCUT2D eigenvalue weighted by molar-refractivity contribution is 5.95. The van der Waals surface area contributed by atoms with E-state index in [1.165, 1.54) is 11.0 Å². The van der Waals surface area contributed by atoms with Gasteiger partial charge in [-0.25, -0.2) is 4.39 Å². The van der Waals surface area contributed by atoms with Gasteiger partial charge in [-0.05, 0) is 31.0 Å². The number of alkyl halides is 3. The molecular formula is C13H14F4N2O. The molecule has 0 aromatic heterocycles. The number of halogens is 4. The number of carbonyl (C=O) groups excluding carboxylic acids is 1. The van der Waals surface area contributed by atoms with E-state index in [1.54, 1.807) is 0 Å². The number of anilines is 1. The van der Waals surface area contributed by atoms with Crippen molar-refractivity contribution in [3.63, 3.8) is 0 Å². The molecule has 0 saturated carbocycles. The van der Waals surface area contributed by atoms with Gasteiger partial charge in [0.25, 0.3) is 5.91 Å². The summed E-state index contributed by atoms with van der Waals surface area (Å²) in [6, 6.07) is 3.43. The van der Waals surface area contributed by atoms with Gasteiger partial charge in [0.1, 0.15) is 5.82 Å². The van der Waals surface area contributed by atoms with Gasteiger partial charge in [0, 0.05) is 24.3 Å². The van der Waals surface area contributed by atoms with E-state index < -0.39 is 23.8 Å². The molecule has 7 heteroatoms. The van der Waals surface area contributed by atoms with Crippen molar-refractivity contribution in [2.24, 2.45) is 5.92 Å². The molecule has 110 valence electrons. The molecule has 0 atom stereocenters. The zero-order chi connectivity index (χ0) is 14.9. The summed E-state index contributed by atoms with van der Waals surface area (Å²) < 4.78 is 50.8. The second-order valence-electron chi connectivity index (χ2n) is 4.88. The summed E-state index contributed by atoms with van der Waals surface area (Å²) in [5.41, 5.74) is 5.62. The third-order valence-electron chi connectivity index (χ3n) is 3.41. The van der Waals surface area contributed by atoms with Crippen molar-refractivity contribution in [2.75, 3.05) is 18.8 Å². The highest BCUT2D eigenvalue weighted by Gasteiger charge is 2.41. The predicted molar refractivity (Wildman–Crippen MR) is 65.5 cm³/mol. The molecule has 1 aromatic carbocycles. The minimum absolute atomic E-state index is 0.0133. The lowest BCUT2D eigenvalue weighted by molar-refractivity contribution is -0.183. The minimum atomic E-state index is -4.22. The zero-order valence-electron chi connectivity index (χ0n) is 10.6. The number of nitrogens with two attached hydrogens (primary N) is 1. The van der Waals surface area contributed by atoms with Crippen molar-refractivity contribution in [3.05, 3.63) is 29.6 Å². The van der Waals surface area contributed by atoms with Crippen LogP contribution in [-0.4, -0.2) is 30.1 Å². The highest BCUT2D eigenvalue weighted by Crippen LogP contribution is 2.34. The second kappa shape index (κ2) is 5.30. The molecule has 1 aliphatic heterocycles. The van der Waals surface area contributed by atoms with E-state index in [0.717, 1.165) is 12.1 Å². The number of carbonyl (C=O) groups is 1. The Morgan fingerprint density at radius 2 is 1.80 bits per heavy atom. The SMILES string of the molecule is Nc1cc(F)cc(C(=O)N2CCC(C(F)(F)F)CC2)c1. The molecule has 3 nitrogen and oxygen atoms in total. The van der Waals surface area contributed by atoms with Crippen molar-refractivity contribution in [2.45, 2.75) is 19.0 Å². The van der Waals surface area contributed by atoms with Crippen LogP contribution in [0.3, 0.4) is 0 Å². The summed E-state index contributed by atoms with van der Waals surface area (Å²) in [7, 11) is 0. The molecule has 0 bridgehead atoms. The monoisotopic (exact) mass is 290 g/mol. The van der Waals surface area contributed by atoms with Gasteiger partial charge in [-0.3, -0.25) is 4.79 Å². The number of hydrogen-bond donors (Lipinski definition) is 1. The van der Waals surface area contributed by atoms with E-state index in [2.05, 4.69) is 0 Å². The Bertz CT molecular complexity index is 487. The molecular weight excluding hydrogens is 276 g/mol. The standard InChI is InChI=1S/C13H14F4N2O/c14-10-5-8(6-11(18)7-10)12(20)19-3-1-9(2-4-19)13(15,16)17/h5-7,9H,1-4,18H2. The van der Waals surface area contributed by atoms with Crippen LogP contribution in [0.25, 0.3) is 0 Å². The van der Waals surface area contributed by atoms with Crippen molar-refractivity contribution < 1.29 is 22.4 Å². The van der Waals surface area contributed by atoms with Crippen LogP contribution in [0, 0.1) is 11.7 Å². The van der Waals surface area contributed by atoms with Crippen LogP contribution in [0.2, 0.25) is 0 Å². The van der Waals surface area contributed by atoms with Gasteiger partial charge >= 0.3 is 6.18 Å². The highest BCUT2D eigenvalue weighted by atomic mass is 19.4. The number of nitrogen functional groups attached to an aromatic ring is 1. The molecule has 0 radical (unpaired) electrons. The summed E-state index contributed by atoms with van der Waals surface area (Å²) in [6.45, 7) is 0.0266. The van der Waals surface area contributed by atoms with Crippen molar-refractivity contribution >= 4 is 11.6 Å². The number of likely N-dealkylation sites (tertiary alicyclic amines) is 1. The second-order valence-corrected chi connectivity index (χ2v) is 4.88. The maximum absolute atomic E-state index is 13.2. The molecule has 0 aliphatic carbocycles. The van der Waals surface area contributed by atoms with Crippen LogP contribution < -0.4 is 5.73 Å². The fraction of sp³-hybridized carbons (Fsp3) is 0.462. The number of amides is 1. The topological polar surface area (TPSA) is 46.3 Å². The van der Waals surface area contributed by atoms with E-state index in [1.807, 2.05) is 0 Å². The molecule has 1 saturated heterocycles. The minimum Gasteiger partial charge on any atom is -0.399 e. The first kappa shape index (κ1) is 14.6. The van der Waals surface area contributed by atoms with E-state index in [9.17, 15) is 22.4 Å². The Hall–Kier alpha value is -1.79. The Morgan fingerprint density at radius 1 is 1.20 bits per heavy atom. The fourth-order valence-electron chi connectivity index (χ4n) is 2.33. The third-order valence-corrected chi connectivity index (χ3v) is 3.41. The maximum atomic E-state index is 13.2. The zero-order valence-corrected chi connectivity index (χ0v) is 10.6. The van der Waals surface area contributed by atoms with Gasteiger partial charge in [-0.1, -0.05) is 0 Å².